The summed E-state index contributed by atoms with van der Waals surface area (Å²) >= 11 is 0. The molecule has 37 heavy (non-hydrogen) atoms. The molecule has 3 heterocycles. The zero-order valence-electron chi connectivity index (χ0n) is 21.4. The molecule has 13 nitrogen and oxygen atoms in total. The van der Waals surface area contributed by atoms with Gasteiger partial charge in [0, 0.05) is 24.9 Å². The number of hydrogen-bond acceptors (Lipinski definition) is 10. The van der Waals surface area contributed by atoms with Gasteiger partial charge in [0.1, 0.15) is 23.2 Å². The Labute approximate surface area is 211 Å². The SMILES string of the molecule is Cn1cc(-c2nc(C(=O)O)c(N(C(=O)OC(C)(C)C)C(=O)OC(C)(C)C)nc2-c2ncco2)ccc1=O. The molecule has 3 rings (SSSR count). The number of oxazole rings is 1. The monoisotopic (exact) mass is 513 g/mol. The van der Waals surface area contributed by atoms with Crippen molar-refractivity contribution in [3.05, 3.63) is 46.8 Å². The second-order valence-corrected chi connectivity index (χ2v) is 9.90. The summed E-state index contributed by atoms with van der Waals surface area (Å²) in [5.41, 5.74) is -2.98. The van der Waals surface area contributed by atoms with Gasteiger partial charge >= 0.3 is 18.2 Å². The lowest BCUT2D eigenvalue weighted by Gasteiger charge is -2.28. The van der Waals surface area contributed by atoms with Gasteiger partial charge in [-0.3, -0.25) is 4.79 Å². The predicted molar refractivity (Wildman–Crippen MR) is 130 cm³/mol. The van der Waals surface area contributed by atoms with E-state index in [0.29, 0.717) is 10.5 Å². The lowest BCUT2D eigenvalue weighted by atomic mass is 10.1. The van der Waals surface area contributed by atoms with E-state index >= 15 is 0 Å². The number of amides is 2. The van der Waals surface area contributed by atoms with E-state index in [2.05, 4.69) is 15.0 Å². The fourth-order valence-electron chi connectivity index (χ4n) is 3.01. The Morgan fingerprint density at radius 1 is 0.973 bits per heavy atom. The van der Waals surface area contributed by atoms with Crippen LogP contribution in [0.5, 0.6) is 0 Å². The van der Waals surface area contributed by atoms with Gasteiger partial charge in [-0.2, -0.15) is 4.90 Å². The molecule has 0 aliphatic carbocycles. The summed E-state index contributed by atoms with van der Waals surface area (Å²) in [6, 6.07) is 2.68. The molecule has 0 atom stereocenters. The van der Waals surface area contributed by atoms with Crippen LogP contribution in [0.25, 0.3) is 22.8 Å². The van der Waals surface area contributed by atoms with E-state index in [1.165, 1.54) is 42.4 Å². The van der Waals surface area contributed by atoms with Crippen molar-refractivity contribution in [2.24, 2.45) is 7.05 Å². The molecule has 2 amide bonds. The largest absolute Gasteiger partial charge is 0.476 e. The molecular weight excluding hydrogens is 486 g/mol. The number of imide groups is 1. The number of aryl methyl sites for hydroxylation is 1. The minimum Gasteiger partial charge on any atom is -0.476 e. The van der Waals surface area contributed by atoms with E-state index in [-0.39, 0.29) is 22.8 Å². The number of hydrogen-bond donors (Lipinski definition) is 1. The van der Waals surface area contributed by atoms with Crippen molar-refractivity contribution in [1.29, 1.82) is 0 Å². The minimum absolute atomic E-state index is 0.0208. The highest BCUT2D eigenvalue weighted by Crippen LogP contribution is 2.33. The van der Waals surface area contributed by atoms with Crippen LogP contribution in [0.1, 0.15) is 52.0 Å². The number of nitrogens with zero attached hydrogens (tertiary/aromatic N) is 5. The Balaban J connectivity index is 2.35. The normalized spacial score (nSPS) is 11.6. The summed E-state index contributed by atoms with van der Waals surface area (Å²) in [5, 5.41) is 10.0. The van der Waals surface area contributed by atoms with Crippen LogP contribution in [0.15, 0.2) is 40.0 Å². The van der Waals surface area contributed by atoms with Gasteiger partial charge in [-0.25, -0.2) is 29.3 Å². The number of rotatable bonds is 4. The maximum absolute atomic E-state index is 13.2. The highest BCUT2D eigenvalue weighted by atomic mass is 16.6. The maximum atomic E-state index is 13.2. The van der Waals surface area contributed by atoms with Crippen LogP contribution in [0, 0.1) is 0 Å². The first kappa shape index (κ1) is 27.0. The summed E-state index contributed by atoms with van der Waals surface area (Å²) in [4.78, 5) is 63.5. The van der Waals surface area contributed by atoms with Gasteiger partial charge in [0.25, 0.3) is 0 Å². The lowest BCUT2D eigenvalue weighted by Crippen LogP contribution is -2.45. The Morgan fingerprint density at radius 3 is 2.03 bits per heavy atom. The number of carboxylic acid groups (broad SMARTS) is 1. The zero-order valence-corrected chi connectivity index (χ0v) is 21.4. The highest BCUT2D eigenvalue weighted by Gasteiger charge is 2.38. The molecule has 0 aromatic carbocycles. The van der Waals surface area contributed by atoms with Crippen molar-refractivity contribution >= 4 is 24.0 Å². The Bertz CT molecular complexity index is 1370. The van der Waals surface area contributed by atoms with Crippen molar-refractivity contribution in [2.75, 3.05) is 4.90 Å². The first-order valence-electron chi connectivity index (χ1n) is 11.1. The number of aromatic carboxylic acids is 1. The molecule has 196 valence electrons. The van der Waals surface area contributed by atoms with Crippen LogP contribution in [0.4, 0.5) is 15.4 Å². The van der Waals surface area contributed by atoms with E-state index < -0.39 is 40.9 Å². The molecule has 1 N–H and O–H groups in total. The number of carbonyl (C=O) groups is 3. The molecule has 0 saturated carbocycles. The minimum atomic E-state index is -1.59. The fourth-order valence-corrected chi connectivity index (χ4v) is 3.01. The lowest BCUT2D eigenvalue weighted by molar-refractivity contribution is 0.0428. The van der Waals surface area contributed by atoms with Crippen LogP contribution >= 0.6 is 0 Å². The van der Waals surface area contributed by atoms with Gasteiger partial charge in [-0.15, -0.1) is 0 Å². The van der Waals surface area contributed by atoms with Crippen molar-refractivity contribution in [3.63, 3.8) is 0 Å². The number of anilines is 1. The molecule has 0 fully saturated rings. The summed E-state index contributed by atoms with van der Waals surface area (Å²) in [6.07, 6.45) is 1.54. The average Bonchev–Trinajstić information content (AvgIpc) is 3.27. The third-order valence-electron chi connectivity index (χ3n) is 4.44. The standard InChI is InChI=1S/C24H27N5O8/c1-23(2,3)36-21(33)29(22(34)37-24(4,5)6)18-17(20(31)32)26-15(13-8-9-14(30)28(7)12-13)16(27-18)19-25-10-11-35-19/h8-12H,1-7H3,(H,31,32). The van der Waals surface area contributed by atoms with Gasteiger partial charge in [-0.05, 0) is 47.6 Å². The van der Waals surface area contributed by atoms with Crippen LogP contribution in [0.2, 0.25) is 0 Å². The van der Waals surface area contributed by atoms with Gasteiger partial charge in [-0.1, -0.05) is 0 Å². The topological polar surface area (TPSA) is 167 Å². The smallest absolute Gasteiger partial charge is 0.425 e. The molecule has 3 aromatic rings. The quantitative estimate of drug-likeness (QED) is 0.538. The van der Waals surface area contributed by atoms with Gasteiger partial charge in [0.05, 0.1) is 6.20 Å². The third kappa shape index (κ3) is 6.37. The summed E-state index contributed by atoms with van der Waals surface area (Å²) in [6.45, 7) is 9.43. The van der Waals surface area contributed by atoms with Gasteiger partial charge in [0.2, 0.25) is 11.4 Å². The first-order chi connectivity index (χ1) is 17.1. The molecule has 0 aliphatic rings. The second kappa shape index (κ2) is 9.84. The van der Waals surface area contributed by atoms with Crippen LogP contribution in [-0.2, 0) is 16.5 Å². The van der Waals surface area contributed by atoms with Crippen LogP contribution < -0.4 is 10.5 Å². The molecular formula is C24H27N5O8. The molecule has 0 spiro atoms. The third-order valence-corrected chi connectivity index (χ3v) is 4.44. The number of ether oxygens (including phenoxy) is 2. The van der Waals surface area contributed by atoms with Crippen molar-refractivity contribution in [2.45, 2.75) is 52.7 Å². The molecule has 0 unspecified atom stereocenters. The van der Waals surface area contributed by atoms with E-state index in [1.54, 1.807) is 41.5 Å². The summed E-state index contributed by atoms with van der Waals surface area (Å²) < 4.78 is 17.3. The summed E-state index contributed by atoms with van der Waals surface area (Å²) in [7, 11) is 1.50. The average molecular weight is 514 g/mol. The second-order valence-electron chi connectivity index (χ2n) is 9.90. The van der Waals surface area contributed by atoms with Crippen LogP contribution in [-0.4, -0.2) is 54.0 Å². The number of pyridine rings is 1. The number of carboxylic acids is 1. The maximum Gasteiger partial charge on any atom is 0.425 e. The van der Waals surface area contributed by atoms with Crippen molar-refractivity contribution < 1.29 is 33.4 Å². The highest BCUT2D eigenvalue weighted by molar-refractivity contribution is 6.12. The zero-order chi connectivity index (χ0) is 27.7. The number of carbonyl (C=O) groups excluding carboxylic acids is 2. The van der Waals surface area contributed by atoms with Crippen molar-refractivity contribution in [3.8, 4) is 22.8 Å². The molecule has 0 aliphatic heterocycles. The van der Waals surface area contributed by atoms with Crippen LogP contribution in [0.3, 0.4) is 0 Å². The predicted octanol–water partition coefficient (Wildman–Crippen LogP) is 3.87. The van der Waals surface area contributed by atoms with Crippen molar-refractivity contribution in [1.82, 2.24) is 19.5 Å². The molecule has 0 radical (unpaired) electrons. The van der Waals surface area contributed by atoms with E-state index in [9.17, 15) is 24.3 Å². The Morgan fingerprint density at radius 2 is 1.57 bits per heavy atom. The van der Waals surface area contributed by atoms with E-state index in [1.807, 2.05) is 0 Å². The van der Waals surface area contributed by atoms with Gasteiger partial charge in [0.15, 0.2) is 17.2 Å². The molecule has 13 heteroatoms. The first-order valence-corrected chi connectivity index (χ1v) is 11.1. The van der Waals surface area contributed by atoms with Gasteiger partial charge < -0.3 is 23.6 Å². The molecule has 0 bridgehead atoms. The number of aromatic nitrogens is 4. The molecule has 0 saturated heterocycles. The Hall–Kier alpha value is -4.55. The van der Waals surface area contributed by atoms with E-state index in [0.717, 1.165) is 0 Å². The molecule has 3 aromatic heterocycles. The van der Waals surface area contributed by atoms with E-state index in [4.69, 9.17) is 13.9 Å². The summed E-state index contributed by atoms with van der Waals surface area (Å²) in [5.74, 6) is -2.34. The Kier molecular flexibility index (Phi) is 7.19. The fraction of sp³-hybridized carbons (Fsp3) is 0.375.